The van der Waals surface area contributed by atoms with E-state index in [0.717, 1.165) is 18.5 Å². The van der Waals surface area contributed by atoms with E-state index in [-0.39, 0.29) is 29.2 Å². The Hall–Kier alpha value is -3.46. The fourth-order valence-corrected chi connectivity index (χ4v) is 6.28. The molecule has 190 valence electrons. The molecule has 3 aliphatic heterocycles. The highest BCUT2D eigenvalue weighted by Crippen LogP contribution is 2.53. The summed E-state index contributed by atoms with van der Waals surface area (Å²) >= 11 is 0. The fourth-order valence-electron chi connectivity index (χ4n) is 5.52. The lowest BCUT2D eigenvalue weighted by molar-refractivity contribution is -0.112. The third-order valence-corrected chi connectivity index (χ3v) is 8.25. The predicted octanol–water partition coefficient (Wildman–Crippen LogP) is 1.69. The van der Waals surface area contributed by atoms with Crippen molar-refractivity contribution in [2.45, 2.75) is 51.2 Å². The van der Waals surface area contributed by atoms with Crippen molar-refractivity contribution in [2.75, 3.05) is 7.11 Å². The average molecular weight is 514 g/mol. The van der Waals surface area contributed by atoms with Gasteiger partial charge in [0.25, 0.3) is 11.5 Å². The largest absolute Gasteiger partial charge is 0.489 e. The predicted molar refractivity (Wildman–Crippen MR) is 132 cm³/mol. The number of allylic oxidation sites excluding steroid dienone is 1. The number of aryl methyl sites for hydroxylation is 1. The highest BCUT2D eigenvalue weighted by Gasteiger charge is 2.52. The van der Waals surface area contributed by atoms with Crippen molar-refractivity contribution < 1.29 is 18.7 Å². The maximum absolute atomic E-state index is 13.7. The van der Waals surface area contributed by atoms with Crippen molar-refractivity contribution in [1.29, 1.82) is 0 Å². The third kappa shape index (κ3) is 3.91. The summed E-state index contributed by atoms with van der Waals surface area (Å²) in [6.07, 6.45) is 5.19. The van der Waals surface area contributed by atoms with E-state index in [1.54, 1.807) is 23.6 Å². The van der Waals surface area contributed by atoms with Crippen LogP contribution in [-0.2, 0) is 23.4 Å². The van der Waals surface area contributed by atoms with E-state index >= 15 is 0 Å². The highest BCUT2D eigenvalue weighted by molar-refractivity contribution is 7.33. The number of amides is 2. The maximum Gasteiger partial charge on any atom is 0.296 e. The molecule has 2 bridgehead atoms. The summed E-state index contributed by atoms with van der Waals surface area (Å²) in [5.74, 6) is -0.712. The second-order valence-electron chi connectivity index (χ2n) is 9.55. The van der Waals surface area contributed by atoms with E-state index in [1.807, 2.05) is 6.20 Å². The Kier molecular flexibility index (Phi) is 6.20. The minimum absolute atomic E-state index is 0.123. The van der Waals surface area contributed by atoms with Crippen LogP contribution in [0.25, 0.3) is 0 Å². The van der Waals surface area contributed by atoms with E-state index in [1.165, 1.54) is 13.2 Å². The van der Waals surface area contributed by atoms with Crippen LogP contribution < -0.4 is 31.1 Å². The first kappa shape index (κ1) is 24.2. The molecule has 4 aliphatic rings. The second kappa shape index (κ2) is 9.20. The number of halogens is 1. The summed E-state index contributed by atoms with van der Waals surface area (Å²) in [7, 11) is 1.70. The molecule has 36 heavy (non-hydrogen) atoms. The van der Waals surface area contributed by atoms with Crippen LogP contribution in [0.5, 0.6) is 5.75 Å². The van der Waals surface area contributed by atoms with E-state index in [4.69, 9.17) is 4.74 Å². The number of hydrogen-bond donors (Lipinski definition) is 4. The molecule has 1 atom stereocenters. The molecule has 1 aromatic carbocycles. The molecule has 4 N–H and O–H groups in total. The normalized spacial score (nSPS) is 24.7. The zero-order chi connectivity index (χ0) is 25.5. The second-order valence-corrected chi connectivity index (χ2v) is 10.3. The molecule has 12 heteroatoms. The van der Waals surface area contributed by atoms with Crippen LogP contribution in [0.3, 0.4) is 0 Å². The number of methoxy groups -OCH3 is 1. The molecule has 1 aliphatic carbocycles. The van der Waals surface area contributed by atoms with Crippen LogP contribution in [0.2, 0.25) is 0 Å². The van der Waals surface area contributed by atoms with Gasteiger partial charge in [0, 0.05) is 30.4 Å². The summed E-state index contributed by atoms with van der Waals surface area (Å²) in [5, 5.41) is 12.3. The Morgan fingerprint density at radius 3 is 2.75 bits per heavy atom. The van der Waals surface area contributed by atoms with E-state index < -0.39 is 17.0 Å². The van der Waals surface area contributed by atoms with Crippen molar-refractivity contribution >= 4 is 21.2 Å². The maximum atomic E-state index is 13.7. The summed E-state index contributed by atoms with van der Waals surface area (Å²) < 4.78 is 20.6. The monoisotopic (exact) mass is 514 g/mol. The molecule has 0 spiro atoms. The Morgan fingerprint density at radius 1 is 1.33 bits per heavy atom. The van der Waals surface area contributed by atoms with E-state index in [0.29, 0.717) is 51.6 Å². The molecule has 0 radical (unpaired) electrons. The lowest BCUT2D eigenvalue weighted by atomic mass is 9.67. The van der Waals surface area contributed by atoms with Gasteiger partial charge in [-0.25, -0.2) is 9.37 Å². The molecule has 6 rings (SSSR count). The van der Waals surface area contributed by atoms with Gasteiger partial charge in [0.05, 0.1) is 21.5 Å². The smallest absolute Gasteiger partial charge is 0.296 e. The number of carbonyl (C=O) groups excluding carboxylic acids is 2. The summed E-state index contributed by atoms with van der Waals surface area (Å²) in [5.41, 5.74) is 0.413. The molecule has 2 amide bonds. The quantitative estimate of drug-likeness (QED) is 0.327. The van der Waals surface area contributed by atoms with Crippen LogP contribution in [0, 0.1) is 18.2 Å². The minimum Gasteiger partial charge on any atom is -0.489 e. The topological polar surface area (TPSA) is 126 Å². The zero-order valence-corrected chi connectivity index (χ0v) is 21.0. The first-order valence-electron chi connectivity index (χ1n) is 11.7. The van der Waals surface area contributed by atoms with Crippen LogP contribution in [-0.4, -0.2) is 29.0 Å². The van der Waals surface area contributed by atoms with Gasteiger partial charge >= 0.3 is 0 Å². The van der Waals surface area contributed by atoms with Gasteiger partial charge in [-0.1, -0.05) is 12.1 Å². The average Bonchev–Trinajstić information content (AvgIpc) is 3.34. The lowest BCUT2D eigenvalue weighted by Gasteiger charge is -2.42. The number of rotatable bonds is 7. The van der Waals surface area contributed by atoms with Crippen LogP contribution in [0.1, 0.15) is 53.1 Å². The van der Waals surface area contributed by atoms with Gasteiger partial charge in [0.1, 0.15) is 11.6 Å². The van der Waals surface area contributed by atoms with Crippen LogP contribution in [0.4, 0.5) is 4.39 Å². The zero-order valence-electron chi connectivity index (χ0n) is 20.0. The number of ether oxygens (including phenoxy) is 1. The van der Waals surface area contributed by atoms with Gasteiger partial charge in [-0.2, -0.15) is 0 Å². The molecular weight excluding hydrogens is 486 g/mol. The van der Waals surface area contributed by atoms with Crippen molar-refractivity contribution in [2.24, 2.45) is 5.41 Å². The van der Waals surface area contributed by atoms with E-state index in [9.17, 15) is 18.8 Å². The molecule has 10 nitrogen and oxygen atoms in total. The van der Waals surface area contributed by atoms with Gasteiger partial charge in [0.2, 0.25) is 12.2 Å². The van der Waals surface area contributed by atoms with Crippen LogP contribution in [0.15, 0.2) is 34.9 Å². The number of hydrogen-bond acceptors (Lipinski definition) is 7. The number of nitrogens with zero attached hydrogens (tertiary/aromatic N) is 2. The SMILES string of the molecule is COc1c(C(=O)NCc2ccc(F)c(C)c2)nc2n(c1=O)CC1(C3=CNPN3)CCC2(NC=O)CC1. The molecule has 1 unspecified atom stereocenters. The molecule has 0 saturated heterocycles. The molecule has 4 heterocycles. The molecule has 1 fully saturated rings. The van der Waals surface area contributed by atoms with Crippen molar-refractivity contribution in [3.05, 3.63) is 68.9 Å². The summed E-state index contributed by atoms with van der Waals surface area (Å²) in [6, 6.07) is 4.58. The summed E-state index contributed by atoms with van der Waals surface area (Å²) in [6.45, 7) is 2.12. The van der Waals surface area contributed by atoms with Crippen molar-refractivity contribution in [1.82, 2.24) is 30.4 Å². The first-order chi connectivity index (χ1) is 17.3. The van der Waals surface area contributed by atoms with Crippen molar-refractivity contribution in [3.63, 3.8) is 0 Å². The Balaban J connectivity index is 1.55. The third-order valence-electron chi connectivity index (χ3n) is 7.56. The Labute approximate surface area is 209 Å². The first-order valence-corrected chi connectivity index (χ1v) is 12.7. The van der Waals surface area contributed by atoms with Gasteiger partial charge in [-0.3, -0.25) is 19.0 Å². The number of fused-ring (bicyclic) bond motifs is 2. The minimum atomic E-state index is -0.870. The van der Waals surface area contributed by atoms with Crippen molar-refractivity contribution in [3.8, 4) is 5.75 Å². The van der Waals surface area contributed by atoms with Gasteiger partial charge in [0.15, 0.2) is 5.69 Å². The Bertz CT molecular complexity index is 1320. The standard InChI is InChI=1S/C24H28FN6O4P/c1-14-9-15(3-4-16(14)25)10-26-20(33)18-19(35-2)21(34)31-12-23(17-11-28-36-30-17)5-7-24(8-6-23,27-13-32)22(31)29-18/h3-4,9,11,13,28,30,36H,5-8,10,12H2,1-2H3,(H,26,33)(H,27,32). The van der Waals surface area contributed by atoms with E-state index in [2.05, 4.69) is 25.8 Å². The van der Waals surface area contributed by atoms with Gasteiger partial charge in [-0.15, -0.1) is 0 Å². The molecule has 1 aromatic heterocycles. The summed E-state index contributed by atoms with van der Waals surface area (Å²) in [4.78, 5) is 43.3. The highest BCUT2D eigenvalue weighted by atomic mass is 31.1. The number of nitrogens with one attached hydrogen (secondary N) is 4. The number of carbonyl (C=O) groups is 2. The van der Waals surface area contributed by atoms with Crippen LogP contribution >= 0.6 is 8.88 Å². The Morgan fingerprint density at radius 2 is 2.11 bits per heavy atom. The fraction of sp³-hybridized carbons (Fsp3) is 0.417. The molecule has 2 aromatic rings. The molecule has 1 saturated carbocycles. The number of benzene rings is 1. The lowest BCUT2D eigenvalue weighted by Crippen LogP contribution is -2.47. The van der Waals surface area contributed by atoms with Gasteiger partial charge in [-0.05, 0) is 49.8 Å². The van der Waals surface area contributed by atoms with Gasteiger partial charge < -0.3 is 25.5 Å². The number of aromatic nitrogens is 2. The molecular formula is C24H28FN6O4P.